The number of amides is 1. The van der Waals surface area contributed by atoms with E-state index in [-0.39, 0.29) is 11.7 Å². The first-order valence-corrected chi connectivity index (χ1v) is 7.40. The van der Waals surface area contributed by atoms with Gasteiger partial charge >= 0.3 is 6.09 Å². The van der Waals surface area contributed by atoms with Crippen LogP contribution in [0.4, 0.5) is 4.79 Å². The van der Waals surface area contributed by atoms with Crippen molar-refractivity contribution >= 4 is 6.09 Å². The summed E-state index contributed by atoms with van der Waals surface area (Å²) in [5, 5.41) is 0. The Morgan fingerprint density at radius 3 is 2.33 bits per heavy atom. The lowest BCUT2D eigenvalue weighted by molar-refractivity contribution is 0.0180. The molecule has 1 heterocycles. The number of likely N-dealkylation sites (tertiary alicyclic amines) is 1. The zero-order chi connectivity index (χ0) is 13.6. The summed E-state index contributed by atoms with van der Waals surface area (Å²) in [4.78, 5) is 13.7. The Labute approximate surface area is 112 Å². The van der Waals surface area contributed by atoms with E-state index in [4.69, 9.17) is 4.74 Å². The first-order valence-electron chi connectivity index (χ1n) is 7.40. The zero-order valence-electron chi connectivity index (χ0n) is 12.5. The number of hydrogen-bond donors (Lipinski definition) is 0. The van der Waals surface area contributed by atoms with Gasteiger partial charge in [0.25, 0.3) is 0 Å². The third kappa shape index (κ3) is 5.74. The van der Waals surface area contributed by atoms with Crippen LogP contribution in [-0.2, 0) is 4.74 Å². The lowest BCUT2D eigenvalue weighted by atomic mass is 9.91. The molecule has 0 saturated carbocycles. The van der Waals surface area contributed by atoms with Crippen molar-refractivity contribution in [3.05, 3.63) is 0 Å². The molecule has 1 aliphatic rings. The van der Waals surface area contributed by atoms with E-state index in [9.17, 15) is 4.79 Å². The number of carbonyl (C=O) groups is 1. The van der Waals surface area contributed by atoms with Crippen LogP contribution in [0.15, 0.2) is 0 Å². The summed E-state index contributed by atoms with van der Waals surface area (Å²) in [6.45, 7) is 9.73. The van der Waals surface area contributed by atoms with Crippen molar-refractivity contribution in [1.82, 2.24) is 4.90 Å². The molecule has 0 aromatic rings. The maximum absolute atomic E-state index is 11.9. The molecule has 0 atom stereocenters. The number of rotatable bonds is 4. The van der Waals surface area contributed by atoms with Crippen LogP contribution in [0.2, 0.25) is 0 Å². The van der Waals surface area contributed by atoms with Gasteiger partial charge in [-0.05, 0) is 39.5 Å². The number of ether oxygens (including phenoxy) is 1. The van der Waals surface area contributed by atoms with Crippen LogP contribution in [0.25, 0.3) is 0 Å². The van der Waals surface area contributed by atoms with Gasteiger partial charge in [0, 0.05) is 13.1 Å². The fourth-order valence-electron chi connectivity index (χ4n) is 2.41. The second kappa shape index (κ2) is 7.01. The van der Waals surface area contributed by atoms with Crippen molar-refractivity contribution in [2.75, 3.05) is 13.1 Å². The van der Waals surface area contributed by atoms with Gasteiger partial charge in [-0.1, -0.05) is 32.6 Å². The van der Waals surface area contributed by atoms with Gasteiger partial charge in [0.15, 0.2) is 0 Å². The Hall–Kier alpha value is -0.730. The lowest BCUT2D eigenvalue weighted by Crippen LogP contribution is -2.41. The Bertz CT molecular complexity index is 250. The molecule has 0 bridgehead atoms. The van der Waals surface area contributed by atoms with Crippen LogP contribution in [0.5, 0.6) is 0 Å². The third-order valence-electron chi connectivity index (χ3n) is 3.48. The number of carbonyl (C=O) groups excluding carboxylic acids is 1. The van der Waals surface area contributed by atoms with Crippen LogP contribution in [0, 0.1) is 5.92 Å². The fourth-order valence-corrected chi connectivity index (χ4v) is 2.41. The van der Waals surface area contributed by atoms with Crippen LogP contribution >= 0.6 is 0 Å². The smallest absolute Gasteiger partial charge is 0.410 e. The van der Waals surface area contributed by atoms with Crippen molar-refractivity contribution in [1.29, 1.82) is 0 Å². The van der Waals surface area contributed by atoms with Crippen LogP contribution < -0.4 is 0 Å². The van der Waals surface area contributed by atoms with Gasteiger partial charge in [-0.3, -0.25) is 0 Å². The molecular formula is C15H29NO2. The van der Waals surface area contributed by atoms with Gasteiger partial charge in [-0.25, -0.2) is 4.79 Å². The van der Waals surface area contributed by atoms with Gasteiger partial charge in [0.05, 0.1) is 0 Å². The lowest BCUT2D eigenvalue weighted by Gasteiger charge is -2.33. The first kappa shape index (κ1) is 15.3. The van der Waals surface area contributed by atoms with Crippen molar-refractivity contribution in [2.24, 2.45) is 5.92 Å². The summed E-state index contributed by atoms with van der Waals surface area (Å²) in [6, 6.07) is 0. The second-order valence-corrected chi connectivity index (χ2v) is 6.41. The largest absolute Gasteiger partial charge is 0.444 e. The monoisotopic (exact) mass is 255 g/mol. The van der Waals surface area contributed by atoms with E-state index in [2.05, 4.69) is 6.92 Å². The molecule has 0 aromatic carbocycles. The SMILES string of the molecule is CCCCCC1CCN(C(=O)OC(C)(C)C)CC1. The maximum atomic E-state index is 11.9. The zero-order valence-corrected chi connectivity index (χ0v) is 12.5. The van der Waals surface area contributed by atoms with Gasteiger partial charge < -0.3 is 9.64 Å². The van der Waals surface area contributed by atoms with E-state index >= 15 is 0 Å². The maximum Gasteiger partial charge on any atom is 0.410 e. The molecule has 1 fully saturated rings. The van der Waals surface area contributed by atoms with E-state index in [1.54, 1.807) is 0 Å². The molecule has 1 aliphatic heterocycles. The summed E-state index contributed by atoms with van der Waals surface area (Å²) in [6.07, 6.45) is 7.44. The van der Waals surface area contributed by atoms with Crippen molar-refractivity contribution in [3.8, 4) is 0 Å². The molecule has 3 heteroatoms. The van der Waals surface area contributed by atoms with E-state index in [1.807, 2.05) is 25.7 Å². The molecule has 18 heavy (non-hydrogen) atoms. The molecule has 0 aliphatic carbocycles. The molecule has 0 spiro atoms. The van der Waals surface area contributed by atoms with Gasteiger partial charge in [0.2, 0.25) is 0 Å². The first-order chi connectivity index (χ1) is 8.42. The number of piperidine rings is 1. The summed E-state index contributed by atoms with van der Waals surface area (Å²) in [7, 11) is 0. The van der Waals surface area contributed by atoms with Gasteiger partial charge in [-0.2, -0.15) is 0 Å². The molecular weight excluding hydrogens is 226 g/mol. The fraction of sp³-hybridized carbons (Fsp3) is 0.933. The minimum absolute atomic E-state index is 0.144. The number of nitrogens with zero attached hydrogens (tertiary/aromatic N) is 1. The molecule has 1 saturated heterocycles. The standard InChI is InChI=1S/C15H29NO2/c1-5-6-7-8-13-9-11-16(12-10-13)14(17)18-15(2,3)4/h13H,5-12H2,1-4H3. The molecule has 1 rings (SSSR count). The minimum atomic E-state index is -0.380. The highest BCUT2D eigenvalue weighted by atomic mass is 16.6. The van der Waals surface area contributed by atoms with Crippen LogP contribution in [-0.4, -0.2) is 29.7 Å². The van der Waals surface area contributed by atoms with Crippen molar-refractivity contribution < 1.29 is 9.53 Å². The van der Waals surface area contributed by atoms with E-state index in [0.29, 0.717) is 0 Å². The normalized spacial score (nSPS) is 17.9. The van der Waals surface area contributed by atoms with Crippen molar-refractivity contribution in [2.45, 2.75) is 71.8 Å². The highest BCUT2D eigenvalue weighted by molar-refractivity contribution is 5.68. The molecule has 0 N–H and O–H groups in total. The predicted molar refractivity (Wildman–Crippen MR) is 74.7 cm³/mol. The topological polar surface area (TPSA) is 29.5 Å². The highest BCUT2D eigenvalue weighted by Gasteiger charge is 2.26. The van der Waals surface area contributed by atoms with Gasteiger partial charge in [-0.15, -0.1) is 0 Å². The number of unbranched alkanes of at least 4 members (excludes halogenated alkanes) is 2. The van der Waals surface area contributed by atoms with Crippen LogP contribution in [0.3, 0.4) is 0 Å². The molecule has 0 radical (unpaired) electrons. The average Bonchev–Trinajstić information content (AvgIpc) is 2.28. The number of hydrogen-bond acceptors (Lipinski definition) is 2. The predicted octanol–water partition coefficient (Wildman–Crippen LogP) is 4.21. The van der Waals surface area contributed by atoms with Crippen LogP contribution in [0.1, 0.15) is 66.2 Å². The summed E-state index contributed by atoms with van der Waals surface area (Å²) in [5.74, 6) is 0.815. The van der Waals surface area contributed by atoms with E-state index in [1.165, 1.54) is 25.7 Å². The Kier molecular flexibility index (Phi) is 5.97. The molecule has 3 nitrogen and oxygen atoms in total. The molecule has 0 aromatic heterocycles. The Morgan fingerprint density at radius 1 is 1.22 bits per heavy atom. The van der Waals surface area contributed by atoms with Gasteiger partial charge in [0.1, 0.15) is 5.60 Å². The quantitative estimate of drug-likeness (QED) is 0.704. The second-order valence-electron chi connectivity index (χ2n) is 6.41. The molecule has 0 unspecified atom stereocenters. The molecule has 106 valence electrons. The van der Waals surface area contributed by atoms with E-state index < -0.39 is 0 Å². The Balaban J connectivity index is 2.24. The Morgan fingerprint density at radius 2 is 1.83 bits per heavy atom. The van der Waals surface area contributed by atoms with E-state index in [0.717, 1.165) is 31.8 Å². The highest BCUT2D eigenvalue weighted by Crippen LogP contribution is 2.24. The minimum Gasteiger partial charge on any atom is -0.444 e. The third-order valence-corrected chi connectivity index (χ3v) is 3.48. The molecule has 1 amide bonds. The summed E-state index contributed by atoms with van der Waals surface area (Å²) >= 11 is 0. The summed E-state index contributed by atoms with van der Waals surface area (Å²) < 4.78 is 5.40. The summed E-state index contributed by atoms with van der Waals surface area (Å²) in [5.41, 5.74) is -0.380. The van der Waals surface area contributed by atoms with Crippen molar-refractivity contribution in [3.63, 3.8) is 0 Å². The average molecular weight is 255 g/mol.